The van der Waals surface area contributed by atoms with Crippen LogP contribution in [0.15, 0.2) is 0 Å². The predicted octanol–water partition coefficient (Wildman–Crippen LogP) is -9.71. The van der Waals surface area contributed by atoms with Crippen LogP contribution in [0, 0.1) is 123 Å². The van der Waals surface area contributed by atoms with Crippen molar-refractivity contribution < 1.29 is 145 Å². The third-order valence-electron chi connectivity index (χ3n) is 2.24. The fraction of sp³-hybridized carbons (Fsp3) is 0. The van der Waals surface area contributed by atoms with Crippen LogP contribution in [0.25, 0.3) is 0 Å². The number of hydrogen-bond acceptors (Lipinski definition) is 12. The average Bonchev–Trinajstić information content (AvgIpc) is 2.77. The van der Waals surface area contributed by atoms with Gasteiger partial charge in [0.1, 0.15) is 0 Å². The molecule has 0 aromatic rings. The molecule has 0 amide bonds. The van der Waals surface area contributed by atoms with E-state index >= 15 is 0 Å². The van der Waals surface area contributed by atoms with E-state index in [-0.39, 0.29) is 124 Å². The molecule has 0 unspecified atom stereocenters. The Hall–Kier alpha value is -3.72. The number of rotatable bonds is 0. The van der Waals surface area contributed by atoms with Crippen molar-refractivity contribution in [3.05, 3.63) is 0 Å². The fourth-order valence-corrected chi connectivity index (χ4v) is 2.06. The van der Waals surface area contributed by atoms with Crippen molar-refractivity contribution in [3.63, 3.8) is 0 Å². The van der Waals surface area contributed by atoms with E-state index < -0.39 is 21.1 Å². The molecule has 0 spiro atoms. The van der Waals surface area contributed by atoms with E-state index in [0.717, 1.165) is 60.0 Å². The van der Waals surface area contributed by atoms with Crippen LogP contribution in [0.2, 0.25) is 0 Å². The van der Waals surface area contributed by atoms with Crippen molar-refractivity contribution in [1.82, 2.24) is 0 Å². The van der Waals surface area contributed by atoms with Gasteiger partial charge in [-0.3, -0.25) is 0 Å². The van der Waals surface area contributed by atoms with Gasteiger partial charge >= 0.3 is 203 Å². The van der Waals surface area contributed by atoms with E-state index in [1.165, 1.54) is 0 Å². The van der Waals surface area contributed by atoms with Gasteiger partial charge in [-0.15, -0.1) is 0 Å². The van der Waals surface area contributed by atoms with Crippen LogP contribution in [-0.4, -0.2) is 65.7 Å². The summed E-state index contributed by atoms with van der Waals surface area (Å²) in [6.07, 6.45) is 0. The Kier molecular flexibility index (Phi) is 89.7. The van der Waals surface area contributed by atoms with Gasteiger partial charge in [0, 0.05) is 0 Å². The number of nitrogens with zero attached hydrogens (tertiary/aromatic N) is 12. The van der Waals surface area contributed by atoms with Crippen LogP contribution >= 0.6 is 0 Å². The van der Waals surface area contributed by atoms with Gasteiger partial charge in [-0.2, -0.15) is 0 Å². The van der Waals surface area contributed by atoms with Crippen molar-refractivity contribution in [2.45, 2.75) is 0 Å². The molecular weight excluding hydrogens is 818 g/mol. The Balaban J connectivity index is -0.0000000137. The van der Waals surface area contributed by atoms with Crippen LogP contribution in [0.4, 0.5) is 0 Å². The van der Waals surface area contributed by atoms with E-state index in [0.29, 0.717) is 0 Å². The summed E-state index contributed by atoms with van der Waals surface area (Å²) in [6.45, 7) is 0. The Morgan fingerprint density at radius 3 is 0.244 bits per heavy atom. The molecule has 0 saturated carbocycles. The van der Waals surface area contributed by atoms with Gasteiger partial charge in [0.05, 0.1) is 0 Å². The van der Waals surface area contributed by atoms with E-state index in [1.54, 1.807) is 0 Å². The van der Waals surface area contributed by atoms with Crippen LogP contribution in [0.1, 0.15) is 0 Å². The van der Waals surface area contributed by atoms with E-state index in [9.17, 15) is 0 Å². The van der Waals surface area contributed by atoms with E-state index in [2.05, 4.69) is 0 Å². The summed E-state index contributed by atoms with van der Waals surface area (Å²) in [4.78, 5) is 0. The minimum atomic E-state index is -6.03. The molecule has 0 aliphatic rings. The Morgan fingerprint density at radius 1 is 0.195 bits per heavy atom. The van der Waals surface area contributed by atoms with Crippen molar-refractivity contribution in [2.75, 3.05) is 0 Å². The predicted molar refractivity (Wildman–Crippen MR) is 111 cm³/mol. The standard InChI is InChI=1S/12CN.2Co.12H2O.3Zn/c12*1-2;;;;;;;;;;;;;;;;;/h;;;;;;;;;;;;;;12*1H2;;;/q;;;;;;;;;;;;2*-3;;;;;;;;;;;;;3*+2. The minimum absolute atomic E-state index is 0. The molecule has 41 heavy (non-hydrogen) atoms. The molecular formula is C12H24Co2N12O12Zn3. The molecule has 228 valence electrons. The van der Waals surface area contributed by atoms with Crippen LogP contribution in [0.5, 0.6) is 0 Å². The van der Waals surface area contributed by atoms with E-state index in [1.807, 2.05) is 0 Å². The summed E-state index contributed by atoms with van der Waals surface area (Å²) >= 11 is 0. The Bertz CT molecular complexity index is 926. The van der Waals surface area contributed by atoms with E-state index in [4.69, 9.17) is 63.1 Å². The molecule has 0 radical (unpaired) electrons. The molecule has 0 aliphatic carbocycles. The average molecular weight is 842 g/mol. The third-order valence-corrected chi connectivity index (χ3v) is 9.22. The zero-order chi connectivity index (χ0) is 21.3. The second kappa shape index (κ2) is 30.8. The first kappa shape index (κ1) is 119. The molecule has 0 aliphatic heterocycles. The normalized spacial score (nSPS) is 8.49. The minimum Gasteiger partial charge on any atom is -0.412 e. The van der Waals surface area contributed by atoms with Crippen molar-refractivity contribution in [2.24, 2.45) is 0 Å². The molecule has 29 heteroatoms. The number of nitriles is 12. The molecule has 0 fully saturated rings. The van der Waals surface area contributed by atoms with Crippen molar-refractivity contribution >= 4 is 0 Å². The SMILES string of the molecule is N#[C][Co-3]([C]#N)([C]#N)([C]#N)([C]#N)[C]#N.N#[C][Co-3]([C]#N)([C]#N)([C]#N)([C]#N)[C]#N.O.O.O.O.O.O.O.O.O.O.O.O.[Zn+2].[Zn+2].[Zn+2]. The van der Waals surface area contributed by atoms with Crippen LogP contribution in [0.3, 0.4) is 0 Å². The topological polar surface area (TPSA) is 663 Å². The molecule has 0 bridgehead atoms. The largest absolute Gasteiger partial charge is 2.00 e. The Morgan fingerprint density at radius 2 is 0.244 bits per heavy atom. The quantitative estimate of drug-likeness (QED) is 0.205. The van der Waals surface area contributed by atoms with Gasteiger partial charge in [-0.1, -0.05) is 0 Å². The maximum atomic E-state index is 8.58. The molecule has 24 N–H and O–H groups in total. The molecule has 0 atom stereocenters. The molecule has 0 aromatic carbocycles. The first-order chi connectivity index (χ1) is 11.9. The van der Waals surface area contributed by atoms with Crippen LogP contribution in [-0.2, 0) is 79.5 Å². The molecule has 24 nitrogen and oxygen atoms in total. The second-order valence-electron chi connectivity index (χ2n) is 3.39. The summed E-state index contributed by atoms with van der Waals surface area (Å²) < 4.78 is 0. The van der Waals surface area contributed by atoms with Gasteiger partial charge in [0.25, 0.3) is 0 Å². The maximum Gasteiger partial charge on any atom is 2.00 e. The van der Waals surface area contributed by atoms with Gasteiger partial charge in [0.2, 0.25) is 0 Å². The first-order valence-electron chi connectivity index (χ1n) is 4.68. The Labute approximate surface area is 266 Å². The smallest absolute Gasteiger partial charge is 0.412 e. The first-order valence-corrected chi connectivity index (χ1v) is 10.9. The summed E-state index contributed by atoms with van der Waals surface area (Å²) in [5.41, 5.74) is 0. The van der Waals surface area contributed by atoms with Gasteiger partial charge in [0.15, 0.2) is 0 Å². The zero-order valence-electron chi connectivity index (χ0n) is 20.2. The van der Waals surface area contributed by atoms with Gasteiger partial charge in [-0.05, 0) is 0 Å². The second-order valence-corrected chi connectivity index (χ2v) is 14.0. The van der Waals surface area contributed by atoms with Crippen LogP contribution < -0.4 is 0 Å². The summed E-state index contributed by atoms with van der Waals surface area (Å²) in [5, 5.41) is 115. The molecule has 0 aromatic heterocycles. The molecule has 0 rings (SSSR count). The molecule has 0 heterocycles. The summed E-state index contributed by atoms with van der Waals surface area (Å²) in [5.74, 6) is 0. The molecule has 0 saturated heterocycles. The van der Waals surface area contributed by atoms with Gasteiger partial charge < -0.3 is 65.7 Å². The zero-order valence-corrected chi connectivity index (χ0v) is 31.1. The monoisotopic (exact) mass is 838 g/mol. The summed E-state index contributed by atoms with van der Waals surface area (Å²) in [7, 11) is -12.1. The van der Waals surface area contributed by atoms with Crippen molar-refractivity contribution in [1.29, 1.82) is 63.1 Å². The summed E-state index contributed by atoms with van der Waals surface area (Å²) in [6, 6.07) is 0. The van der Waals surface area contributed by atoms with Crippen molar-refractivity contribution in [3.8, 4) is 60.0 Å². The fourth-order valence-electron chi connectivity index (χ4n) is 0.500. The van der Waals surface area contributed by atoms with Gasteiger partial charge in [-0.25, -0.2) is 0 Å². The maximum absolute atomic E-state index is 8.58. The number of hydrogen-bond donors (Lipinski definition) is 0. The third kappa shape index (κ3) is 13.5.